The summed E-state index contributed by atoms with van der Waals surface area (Å²) < 4.78 is 0. The van der Waals surface area contributed by atoms with Crippen molar-refractivity contribution < 1.29 is 15.0 Å². The number of aliphatic hydroxyl groups excluding tert-OH is 1. The number of allylic oxidation sites excluding steroid dienone is 5. The molecule has 1 aliphatic rings. The van der Waals surface area contributed by atoms with Crippen LogP contribution in [0, 0.1) is 5.92 Å². The lowest BCUT2D eigenvalue weighted by Gasteiger charge is -2.26. The molecule has 3 N–H and O–H groups in total. The van der Waals surface area contributed by atoms with Crippen LogP contribution in [0.1, 0.15) is 70.7 Å². The predicted octanol–water partition coefficient (Wildman–Crippen LogP) is 3.65. The number of aliphatic hydroxyl groups is 1. The second-order valence-corrected chi connectivity index (χ2v) is 8.89. The molecule has 1 aliphatic carbocycles. The predicted molar refractivity (Wildman–Crippen MR) is 139 cm³/mol. The number of nitrogens with zero attached hydrogens (tertiary/aromatic N) is 2. The van der Waals surface area contributed by atoms with Gasteiger partial charge in [-0.2, -0.15) is 0 Å². The van der Waals surface area contributed by atoms with E-state index in [9.17, 15) is 9.90 Å². The van der Waals surface area contributed by atoms with E-state index in [0.717, 1.165) is 41.6 Å². The number of carbonyl (C=O) groups is 1. The molecule has 0 aliphatic heterocycles. The summed E-state index contributed by atoms with van der Waals surface area (Å²) in [4.78, 5) is 20.7. The normalized spacial score (nSPS) is 19.5. The van der Waals surface area contributed by atoms with Gasteiger partial charge in [-0.05, 0) is 58.4 Å². The highest BCUT2D eigenvalue weighted by molar-refractivity contribution is 5.73. The zero-order valence-corrected chi connectivity index (χ0v) is 20.8. The fourth-order valence-electron chi connectivity index (χ4n) is 4.13. The summed E-state index contributed by atoms with van der Waals surface area (Å²) >= 11 is 0. The van der Waals surface area contributed by atoms with Gasteiger partial charge >= 0.3 is 5.97 Å². The lowest BCUT2D eigenvalue weighted by atomic mass is 9.96. The second-order valence-electron chi connectivity index (χ2n) is 8.89. The summed E-state index contributed by atoms with van der Waals surface area (Å²) in [5, 5.41) is 24.5. The van der Waals surface area contributed by atoms with Gasteiger partial charge in [-0.15, -0.1) is 0 Å². The van der Waals surface area contributed by atoms with Crippen LogP contribution in [-0.4, -0.2) is 38.4 Å². The van der Waals surface area contributed by atoms with Gasteiger partial charge in [0.1, 0.15) is 6.23 Å². The standard InChI is InChI=1S/C28H39N3O3/c1-6-12-21(7-2)27-24(15-9-10-16-26(32)33)30-25(23(8-3)31-27)18-20(5)28(34)29-22-14-11-13-19(4)17-22/h6-8,12,17-18,20,22,28-29,34H,1-2,9-11,13-16H2,3-5H3,(H,32,33)/b21-12+,23-8+,25-18+. The Balaban J connectivity index is 2.40. The van der Waals surface area contributed by atoms with E-state index in [2.05, 4.69) is 31.5 Å². The van der Waals surface area contributed by atoms with Crippen molar-refractivity contribution in [3.05, 3.63) is 65.1 Å². The van der Waals surface area contributed by atoms with Crippen molar-refractivity contribution in [1.82, 2.24) is 15.3 Å². The van der Waals surface area contributed by atoms with Crippen molar-refractivity contribution in [2.75, 3.05) is 0 Å². The minimum atomic E-state index is -0.798. The molecular formula is C28H39N3O3. The Hall–Kier alpha value is -2.83. The van der Waals surface area contributed by atoms with Crippen molar-refractivity contribution in [2.45, 2.75) is 78.0 Å². The lowest BCUT2D eigenvalue weighted by molar-refractivity contribution is -0.137. The summed E-state index contributed by atoms with van der Waals surface area (Å²) in [7, 11) is 0. The molecule has 1 aromatic rings. The fraction of sp³-hybridized carbons (Fsp3) is 0.464. The van der Waals surface area contributed by atoms with Crippen LogP contribution in [0.3, 0.4) is 0 Å². The zero-order chi connectivity index (χ0) is 25.1. The molecule has 184 valence electrons. The average Bonchev–Trinajstić information content (AvgIpc) is 2.80. The zero-order valence-electron chi connectivity index (χ0n) is 20.8. The van der Waals surface area contributed by atoms with Gasteiger partial charge in [0.15, 0.2) is 0 Å². The topological polar surface area (TPSA) is 95.3 Å². The van der Waals surface area contributed by atoms with E-state index in [1.54, 1.807) is 12.2 Å². The summed E-state index contributed by atoms with van der Waals surface area (Å²) in [6.45, 7) is 13.7. The largest absolute Gasteiger partial charge is 0.481 e. The summed E-state index contributed by atoms with van der Waals surface area (Å²) in [6.07, 6.45) is 15.9. The first-order chi connectivity index (χ1) is 16.3. The number of aryl methyl sites for hydroxylation is 1. The number of carboxylic acids is 1. The molecular weight excluding hydrogens is 426 g/mol. The number of aliphatic carboxylic acids is 1. The van der Waals surface area contributed by atoms with Gasteiger partial charge in [-0.1, -0.05) is 56.0 Å². The number of nitrogens with one attached hydrogen (secondary N) is 1. The smallest absolute Gasteiger partial charge is 0.303 e. The SMILES string of the molecule is C=C/C=C(\C=C)c1nc(=C/C)/c(=C\C(C)C(O)NC2C=C(C)CCC2)nc1CCCCC(=O)O. The van der Waals surface area contributed by atoms with Gasteiger partial charge in [0.05, 0.1) is 22.1 Å². The van der Waals surface area contributed by atoms with Crippen LogP contribution in [0.5, 0.6) is 0 Å². The quantitative estimate of drug-likeness (QED) is 0.189. The molecule has 0 radical (unpaired) electrons. The summed E-state index contributed by atoms with van der Waals surface area (Å²) in [6, 6.07) is 0.175. The Morgan fingerprint density at radius 3 is 2.68 bits per heavy atom. The second kappa shape index (κ2) is 13.8. The molecule has 1 heterocycles. The van der Waals surface area contributed by atoms with Crippen molar-refractivity contribution in [2.24, 2.45) is 5.92 Å². The molecule has 2 rings (SSSR count). The van der Waals surface area contributed by atoms with Crippen molar-refractivity contribution >= 4 is 23.7 Å². The minimum absolute atomic E-state index is 0.128. The highest BCUT2D eigenvalue weighted by Gasteiger charge is 2.19. The molecule has 1 aromatic heterocycles. The number of carboxylic acid groups (broad SMARTS) is 1. The Bertz CT molecular complexity index is 1060. The van der Waals surface area contributed by atoms with Crippen molar-refractivity contribution in [3.8, 4) is 0 Å². The molecule has 0 bridgehead atoms. The number of aromatic nitrogens is 2. The van der Waals surface area contributed by atoms with E-state index in [0.29, 0.717) is 24.6 Å². The first kappa shape index (κ1) is 27.4. The van der Waals surface area contributed by atoms with Crippen LogP contribution in [-0.2, 0) is 11.2 Å². The third-order valence-electron chi connectivity index (χ3n) is 6.02. The Morgan fingerprint density at radius 1 is 1.29 bits per heavy atom. The fourth-order valence-corrected chi connectivity index (χ4v) is 4.13. The highest BCUT2D eigenvalue weighted by atomic mass is 16.4. The molecule has 0 saturated heterocycles. The van der Waals surface area contributed by atoms with Crippen LogP contribution in [0.4, 0.5) is 0 Å². The average molecular weight is 466 g/mol. The minimum Gasteiger partial charge on any atom is -0.481 e. The third-order valence-corrected chi connectivity index (χ3v) is 6.02. The van der Waals surface area contributed by atoms with Gasteiger partial charge in [0.25, 0.3) is 0 Å². The summed E-state index contributed by atoms with van der Waals surface area (Å²) in [5.41, 5.74) is 3.69. The van der Waals surface area contributed by atoms with Gasteiger partial charge in [0.2, 0.25) is 0 Å². The maximum Gasteiger partial charge on any atom is 0.303 e. The molecule has 0 amide bonds. The van der Waals surface area contributed by atoms with Gasteiger partial charge in [-0.25, -0.2) is 9.97 Å². The molecule has 3 atom stereocenters. The van der Waals surface area contributed by atoms with Crippen LogP contribution in [0.2, 0.25) is 0 Å². The molecule has 0 saturated carbocycles. The van der Waals surface area contributed by atoms with E-state index >= 15 is 0 Å². The van der Waals surface area contributed by atoms with Crippen LogP contribution < -0.4 is 16.0 Å². The number of rotatable bonds is 12. The van der Waals surface area contributed by atoms with Crippen LogP contribution >= 0.6 is 0 Å². The maximum atomic E-state index is 10.9. The third kappa shape index (κ3) is 8.19. The van der Waals surface area contributed by atoms with E-state index in [1.807, 2.05) is 32.1 Å². The first-order valence-electron chi connectivity index (χ1n) is 12.1. The van der Waals surface area contributed by atoms with E-state index < -0.39 is 12.2 Å². The Morgan fingerprint density at radius 2 is 2.06 bits per heavy atom. The highest BCUT2D eigenvalue weighted by Crippen LogP contribution is 2.19. The lowest BCUT2D eigenvalue weighted by Crippen LogP contribution is -2.43. The Labute approximate surface area is 203 Å². The molecule has 3 unspecified atom stereocenters. The monoisotopic (exact) mass is 465 g/mol. The molecule has 34 heavy (non-hydrogen) atoms. The van der Waals surface area contributed by atoms with Gasteiger partial charge in [0, 0.05) is 24.0 Å². The molecule has 6 heteroatoms. The maximum absolute atomic E-state index is 10.9. The van der Waals surface area contributed by atoms with Crippen molar-refractivity contribution in [3.63, 3.8) is 0 Å². The summed E-state index contributed by atoms with van der Waals surface area (Å²) in [5.74, 6) is -0.982. The van der Waals surface area contributed by atoms with E-state index in [4.69, 9.17) is 15.1 Å². The van der Waals surface area contributed by atoms with Crippen molar-refractivity contribution in [1.29, 1.82) is 0 Å². The molecule has 0 spiro atoms. The molecule has 0 aromatic carbocycles. The number of hydrogen-bond donors (Lipinski definition) is 3. The van der Waals surface area contributed by atoms with E-state index in [1.165, 1.54) is 5.57 Å². The first-order valence-corrected chi connectivity index (χ1v) is 12.1. The number of unbranched alkanes of at least 4 members (excludes halogenated alkanes) is 1. The molecule has 0 fully saturated rings. The van der Waals surface area contributed by atoms with Crippen LogP contribution in [0.25, 0.3) is 17.7 Å². The molecule has 6 nitrogen and oxygen atoms in total. The van der Waals surface area contributed by atoms with Crippen LogP contribution in [0.15, 0.2) is 43.0 Å². The van der Waals surface area contributed by atoms with Gasteiger partial charge in [-0.3, -0.25) is 10.1 Å². The van der Waals surface area contributed by atoms with E-state index in [-0.39, 0.29) is 18.4 Å². The van der Waals surface area contributed by atoms with Gasteiger partial charge < -0.3 is 10.2 Å². The Kier molecular flexibility index (Phi) is 11.1. The number of hydrogen-bond acceptors (Lipinski definition) is 5.